The SMILES string of the molecule is Cc1ccc(CC(=O)N2CC(=O)N(C)c3ccccc32)cc1. The van der Waals surface area contributed by atoms with Gasteiger partial charge in [-0.1, -0.05) is 42.0 Å². The molecular formula is C18H18N2O2. The number of benzene rings is 2. The molecule has 0 atom stereocenters. The van der Waals surface area contributed by atoms with E-state index in [2.05, 4.69) is 0 Å². The van der Waals surface area contributed by atoms with Crippen LogP contribution in [0.3, 0.4) is 0 Å². The lowest BCUT2D eigenvalue weighted by Gasteiger charge is -2.34. The first-order valence-corrected chi connectivity index (χ1v) is 7.28. The van der Waals surface area contributed by atoms with E-state index in [4.69, 9.17) is 0 Å². The molecule has 2 amide bonds. The number of amides is 2. The molecule has 0 fully saturated rings. The zero-order valence-electron chi connectivity index (χ0n) is 12.7. The van der Waals surface area contributed by atoms with Gasteiger partial charge in [-0.2, -0.15) is 0 Å². The molecule has 112 valence electrons. The second-order valence-corrected chi connectivity index (χ2v) is 5.58. The molecule has 0 aliphatic carbocycles. The highest BCUT2D eigenvalue weighted by Crippen LogP contribution is 2.32. The molecule has 1 heterocycles. The highest BCUT2D eigenvalue weighted by Gasteiger charge is 2.30. The predicted molar refractivity (Wildman–Crippen MR) is 87.1 cm³/mol. The number of likely N-dealkylation sites (N-methyl/N-ethyl adjacent to an activating group) is 1. The molecule has 3 rings (SSSR count). The summed E-state index contributed by atoms with van der Waals surface area (Å²) in [6.07, 6.45) is 0.297. The molecule has 2 aromatic rings. The van der Waals surface area contributed by atoms with Crippen LogP contribution < -0.4 is 9.80 Å². The summed E-state index contributed by atoms with van der Waals surface area (Å²) in [5.74, 6) is -0.131. The maximum absolute atomic E-state index is 12.6. The van der Waals surface area contributed by atoms with Crippen LogP contribution in [0.2, 0.25) is 0 Å². The Labute approximate surface area is 130 Å². The summed E-state index contributed by atoms with van der Waals surface area (Å²) in [7, 11) is 1.74. The number of nitrogens with zero attached hydrogens (tertiary/aromatic N) is 2. The van der Waals surface area contributed by atoms with Gasteiger partial charge in [0.25, 0.3) is 0 Å². The van der Waals surface area contributed by atoms with Crippen LogP contribution in [0.4, 0.5) is 11.4 Å². The standard InChI is InChI=1S/C18H18N2O2/c1-13-7-9-14(10-8-13)11-17(21)20-12-18(22)19(2)15-5-3-4-6-16(15)20/h3-10H,11-12H2,1-2H3. The molecule has 0 spiro atoms. The van der Waals surface area contributed by atoms with Crippen molar-refractivity contribution in [3.63, 3.8) is 0 Å². The maximum atomic E-state index is 12.6. The van der Waals surface area contributed by atoms with Crippen molar-refractivity contribution in [2.75, 3.05) is 23.4 Å². The van der Waals surface area contributed by atoms with E-state index >= 15 is 0 Å². The molecule has 0 unspecified atom stereocenters. The summed E-state index contributed by atoms with van der Waals surface area (Å²) < 4.78 is 0. The van der Waals surface area contributed by atoms with Gasteiger partial charge in [0.15, 0.2) is 0 Å². The van der Waals surface area contributed by atoms with Crippen LogP contribution >= 0.6 is 0 Å². The third-order valence-electron chi connectivity index (χ3n) is 3.98. The van der Waals surface area contributed by atoms with E-state index in [9.17, 15) is 9.59 Å². The topological polar surface area (TPSA) is 40.6 Å². The lowest BCUT2D eigenvalue weighted by Crippen LogP contribution is -2.47. The van der Waals surface area contributed by atoms with E-state index in [-0.39, 0.29) is 18.4 Å². The number of para-hydroxylation sites is 2. The van der Waals surface area contributed by atoms with Gasteiger partial charge in [-0.3, -0.25) is 9.59 Å². The van der Waals surface area contributed by atoms with Crippen LogP contribution in [0.1, 0.15) is 11.1 Å². The first-order valence-electron chi connectivity index (χ1n) is 7.28. The molecule has 4 nitrogen and oxygen atoms in total. The molecule has 0 saturated heterocycles. The van der Waals surface area contributed by atoms with Crippen LogP contribution in [0, 0.1) is 6.92 Å². The lowest BCUT2D eigenvalue weighted by atomic mass is 10.1. The summed E-state index contributed by atoms with van der Waals surface area (Å²) in [6, 6.07) is 15.4. The van der Waals surface area contributed by atoms with E-state index in [1.54, 1.807) is 16.8 Å². The van der Waals surface area contributed by atoms with E-state index in [1.807, 2.05) is 55.5 Å². The number of carbonyl (C=O) groups excluding carboxylic acids is 2. The molecule has 0 bridgehead atoms. The molecule has 0 aromatic heterocycles. The van der Waals surface area contributed by atoms with E-state index in [0.717, 1.165) is 22.5 Å². The average molecular weight is 294 g/mol. The van der Waals surface area contributed by atoms with Gasteiger partial charge in [-0.05, 0) is 24.6 Å². The minimum absolute atomic E-state index is 0.0576. The summed E-state index contributed by atoms with van der Waals surface area (Å²) in [6.45, 7) is 2.11. The van der Waals surface area contributed by atoms with Crippen molar-refractivity contribution in [1.29, 1.82) is 0 Å². The molecule has 0 N–H and O–H groups in total. The molecule has 22 heavy (non-hydrogen) atoms. The van der Waals surface area contributed by atoms with Crippen molar-refractivity contribution >= 4 is 23.2 Å². The first-order chi connectivity index (χ1) is 10.6. The maximum Gasteiger partial charge on any atom is 0.246 e. The monoisotopic (exact) mass is 294 g/mol. The fourth-order valence-electron chi connectivity index (χ4n) is 2.64. The molecule has 0 radical (unpaired) electrons. The van der Waals surface area contributed by atoms with Gasteiger partial charge in [0, 0.05) is 7.05 Å². The lowest BCUT2D eigenvalue weighted by molar-refractivity contribution is -0.122. The quantitative estimate of drug-likeness (QED) is 0.854. The van der Waals surface area contributed by atoms with Gasteiger partial charge in [-0.15, -0.1) is 0 Å². The molecule has 4 heteroatoms. The van der Waals surface area contributed by atoms with Crippen molar-refractivity contribution in [2.45, 2.75) is 13.3 Å². The van der Waals surface area contributed by atoms with E-state index in [0.29, 0.717) is 6.42 Å². The Bertz CT molecular complexity index is 722. The number of aryl methyl sites for hydroxylation is 1. The van der Waals surface area contributed by atoms with Gasteiger partial charge >= 0.3 is 0 Å². The van der Waals surface area contributed by atoms with Gasteiger partial charge < -0.3 is 9.80 Å². The van der Waals surface area contributed by atoms with Crippen LogP contribution in [0.25, 0.3) is 0 Å². The van der Waals surface area contributed by atoms with Gasteiger partial charge in [-0.25, -0.2) is 0 Å². The third kappa shape index (κ3) is 2.60. The van der Waals surface area contributed by atoms with Crippen molar-refractivity contribution in [3.05, 3.63) is 59.7 Å². The normalized spacial score (nSPS) is 14.0. The molecule has 2 aromatic carbocycles. The van der Waals surface area contributed by atoms with Crippen molar-refractivity contribution in [2.24, 2.45) is 0 Å². The summed E-state index contributed by atoms with van der Waals surface area (Å²) >= 11 is 0. The van der Waals surface area contributed by atoms with Crippen molar-refractivity contribution in [3.8, 4) is 0 Å². The Hall–Kier alpha value is -2.62. The summed E-state index contributed by atoms with van der Waals surface area (Å²) in [4.78, 5) is 27.9. The minimum Gasteiger partial charge on any atom is -0.312 e. The largest absolute Gasteiger partial charge is 0.312 e. The van der Waals surface area contributed by atoms with Crippen LogP contribution in [0.15, 0.2) is 48.5 Å². The Morgan fingerprint density at radius 3 is 2.36 bits per heavy atom. The molecule has 0 saturated carbocycles. The highest BCUT2D eigenvalue weighted by molar-refractivity contribution is 6.11. The highest BCUT2D eigenvalue weighted by atomic mass is 16.2. The Kier molecular flexibility index (Phi) is 3.67. The Morgan fingerprint density at radius 2 is 1.68 bits per heavy atom. The van der Waals surface area contributed by atoms with E-state index < -0.39 is 0 Å². The summed E-state index contributed by atoms with van der Waals surface area (Å²) in [5, 5.41) is 0. The van der Waals surface area contributed by atoms with Gasteiger partial charge in [0.2, 0.25) is 11.8 Å². The second-order valence-electron chi connectivity index (χ2n) is 5.58. The summed E-state index contributed by atoms with van der Waals surface area (Å²) in [5.41, 5.74) is 3.69. The number of anilines is 2. The Morgan fingerprint density at radius 1 is 1.05 bits per heavy atom. The van der Waals surface area contributed by atoms with Crippen LogP contribution in [0.5, 0.6) is 0 Å². The Balaban J connectivity index is 1.88. The number of rotatable bonds is 2. The third-order valence-corrected chi connectivity index (χ3v) is 3.98. The fourth-order valence-corrected chi connectivity index (χ4v) is 2.64. The van der Waals surface area contributed by atoms with Crippen molar-refractivity contribution < 1.29 is 9.59 Å². The average Bonchev–Trinajstić information content (AvgIpc) is 2.53. The molecule has 1 aliphatic heterocycles. The first kappa shape index (κ1) is 14.3. The minimum atomic E-state index is -0.0732. The molecule has 1 aliphatic rings. The number of hydrogen-bond acceptors (Lipinski definition) is 2. The fraction of sp³-hybridized carbons (Fsp3) is 0.222. The number of fused-ring (bicyclic) bond motifs is 1. The van der Waals surface area contributed by atoms with Crippen LogP contribution in [-0.2, 0) is 16.0 Å². The van der Waals surface area contributed by atoms with Crippen LogP contribution in [-0.4, -0.2) is 25.4 Å². The molecular weight excluding hydrogens is 276 g/mol. The zero-order valence-corrected chi connectivity index (χ0v) is 12.7. The van der Waals surface area contributed by atoms with E-state index in [1.165, 1.54) is 0 Å². The van der Waals surface area contributed by atoms with Gasteiger partial charge in [0.1, 0.15) is 6.54 Å². The zero-order chi connectivity index (χ0) is 15.7. The van der Waals surface area contributed by atoms with Gasteiger partial charge in [0.05, 0.1) is 17.8 Å². The predicted octanol–water partition coefficient (Wildman–Crippen LogP) is 2.55. The number of hydrogen-bond donors (Lipinski definition) is 0. The smallest absolute Gasteiger partial charge is 0.246 e. The second kappa shape index (κ2) is 5.64. The van der Waals surface area contributed by atoms with Crippen molar-refractivity contribution in [1.82, 2.24) is 0 Å². The number of carbonyl (C=O) groups is 2.